The summed E-state index contributed by atoms with van der Waals surface area (Å²) in [7, 11) is 0. The van der Waals surface area contributed by atoms with Gasteiger partial charge in [0.05, 0.1) is 17.3 Å². The summed E-state index contributed by atoms with van der Waals surface area (Å²) in [6.45, 7) is 3.33. The predicted molar refractivity (Wildman–Crippen MR) is 69.0 cm³/mol. The standard InChI is InChI=1S/C14H13F2N3O/c1-8(10-3-11(15)5-12(16)4-10)19-14(20)13-6-17-7-18-9(13)2/h3-8H,1-2H3,(H,19,20)/t8-/m1/s1. The summed E-state index contributed by atoms with van der Waals surface area (Å²) in [5, 5.41) is 2.66. The third-order valence-corrected chi connectivity index (χ3v) is 2.89. The van der Waals surface area contributed by atoms with Gasteiger partial charge in [0.15, 0.2) is 0 Å². The van der Waals surface area contributed by atoms with Gasteiger partial charge in [-0.15, -0.1) is 0 Å². The Morgan fingerprint density at radius 3 is 2.50 bits per heavy atom. The van der Waals surface area contributed by atoms with Crippen LogP contribution in [0.25, 0.3) is 0 Å². The van der Waals surface area contributed by atoms with Gasteiger partial charge in [-0.3, -0.25) is 4.79 Å². The van der Waals surface area contributed by atoms with Crippen LogP contribution < -0.4 is 5.32 Å². The fourth-order valence-corrected chi connectivity index (χ4v) is 1.80. The van der Waals surface area contributed by atoms with Gasteiger partial charge in [-0.1, -0.05) is 0 Å². The summed E-state index contributed by atoms with van der Waals surface area (Å²) in [6.07, 6.45) is 2.74. The summed E-state index contributed by atoms with van der Waals surface area (Å²) in [4.78, 5) is 19.7. The molecule has 6 heteroatoms. The number of hydrogen-bond donors (Lipinski definition) is 1. The van der Waals surface area contributed by atoms with Gasteiger partial charge in [-0.2, -0.15) is 0 Å². The highest BCUT2D eigenvalue weighted by atomic mass is 19.1. The lowest BCUT2D eigenvalue weighted by Gasteiger charge is -2.15. The van der Waals surface area contributed by atoms with Crippen molar-refractivity contribution in [1.82, 2.24) is 15.3 Å². The third-order valence-electron chi connectivity index (χ3n) is 2.89. The maximum atomic E-state index is 13.1. The van der Waals surface area contributed by atoms with Crippen molar-refractivity contribution < 1.29 is 13.6 Å². The molecule has 1 heterocycles. The van der Waals surface area contributed by atoms with E-state index in [1.165, 1.54) is 24.7 Å². The molecule has 0 spiro atoms. The van der Waals surface area contributed by atoms with Gasteiger partial charge in [-0.25, -0.2) is 18.7 Å². The van der Waals surface area contributed by atoms with E-state index in [0.717, 1.165) is 6.07 Å². The molecule has 20 heavy (non-hydrogen) atoms. The normalized spacial score (nSPS) is 12.0. The Bertz CT molecular complexity index is 626. The number of rotatable bonds is 3. The SMILES string of the molecule is Cc1ncncc1C(=O)N[C@H](C)c1cc(F)cc(F)c1. The monoisotopic (exact) mass is 277 g/mol. The Hall–Kier alpha value is -2.37. The first-order chi connectivity index (χ1) is 9.47. The summed E-state index contributed by atoms with van der Waals surface area (Å²) in [5.74, 6) is -1.75. The van der Waals surface area contributed by atoms with E-state index in [1.807, 2.05) is 0 Å². The van der Waals surface area contributed by atoms with Crippen molar-refractivity contribution in [3.63, 3.8) is 0 Å². The number of hydrogen-bond acceptors (Lipinski definition) is 3. The molecule has 0 unspecified atom stereocenters. The van der Waals surface area contributed by atoms with Crippen LogP contribution in [0, 0.1) is 18.6 Å². The highest BCUT2D eigenvalue weighted by Gasteiger charge is 2.15. The van der Waals surface area contributed by atoms with E-state index in [2.05, 4.69) is 15.3 Å². The molecule has 2 rings (SSSR count). The zero-order valence-corrected chi connectivity index (χ0v) is 11.0. The summed E-state index contributed by atoms with van der Waals surface area (Å²) < 4.78 is 26.3. The lowest BCUT2D eigenvalue weighted by molar-refractivity contribution is 0.0938. The van der Waals surface area contributed by atoms with Gasteiger partial charge in [-0.05, 0) is 31.5 Å². The van der Waals surface area contributed by atoms with Crippen LogP contribution in [0.5, 0.6) is 0 Å². The smallest absolute Gasteiger partial charge is 0.255 e. The van der Waals surface area contributed by atoms with Crippen molar-refractivity contribution in [3.8, 4) is 0 Å². The topological polar surface area (TPSA) is 54.9 Å². The molecular formula is C14H13F2N3O. The zero-order valence-electron chi connectivity index (χ0n) is 11.0. The molecule has 0 saturated carbocycles. The minimum absolute atomic E-state index is 0.330. The number of nitrogens with zero attached hydrogens (tertiary/aromatic N) is 2. The number of amides is 1. The van der Waals surface area contributed by atoms with E-state index in [-0.39, 0.29) is 5.91 Å². The molecule has 1 atom stereocenters. The number of aromatic nitrogens is 2. The van der Waals surface area contributed by atoms with Crippen LogP contribution in [-0.4, -0.2) is 15.9 Å². The minimum atomic E-state index is -0.680. The highest BCUT2D eigenvalue weighted by Crippen LogP contribution is 2.16. The maximum absolute atomic E-state index is 13.1. The average molecular weight is 277 g/mol. The Morgan fingerprint density at radius 1 is 1.25 bits per heavy atom. The fourth-order valence-electron chi connectivity index (χ4n) is 1.80. The van der Waals surface area contributed by atoms with Crippen LogP contribution in [0.3, 0.4) is 0 Å². The van der Waals surface area contributed by atoms with E-state index >= 15 is 0 Å². The number of halogens is 2. The van der Waals surface area contributed by atoms with Gasteiger partial charge in [0.2, 0.25) is 0 Å². The largest absolute Gasteiger partial charge is 0.345 e. The van der Waals surface area contributed by atoms with Crippen LogP contribution in [0.15, 0.2) is 30.7 Å². The molecule has 0 aliphatic heterocycles. The van der Waals surface area contributed by atoms with Crippen molar-refractivity contribution in [2.45, 2.75) is 19.9 Å². The molecule has 4 nitrogen and oxygen atoms in total. The second kappa shape index (κ2) is 5.73. The molecule has 2 aromatic rings. The van der Waals surface area contributed by atoms with E-state index < -0.39 is 17.7 Å². The van der Waals surface area contributed by atoms with Gasteiger partial charge < -0.3 is 5.32 Å². The van der Waals surface area contributed by atoms with Gasteiger partial charge >= 0.3 is 0 Å². The van der Waals surface area contributed by atoms with Crippen molar-refractivity contribution in [2.75, 3.05) is 0 Å². The second-order valence-electron chi connectivity index (χ2n) is 4.42. The number of benzene rings is 1. The fraction of sp³-hybridized carbons (Fsp3) is 0.214. The second-order valence-corrected chi connectivity index (χ2v) is 4.42. The molecule has 0 aliphatic carbocycles. The number of carbonyl (C=O) groups is 1. The van der Waals surface area contributed by atoms with Gasteiger partial charge in [0.1, 0.15) is 18.0 Å². The van der Waals surface area contributed by atoms with Crippen LogP contribution >= 0.6 is 0 Å². The Labute approximate surface area is 114 Å². The lowest BCUT2D eigenvalue weighted by Crippen LogP contribution is -2.27. The van der Waals surface area contributed by atoms with Crippen molar-refractivity contribution in [3.05, 3.63) is 59.2 Å². The molecule has 1 N–H and O–H groups in total. The Morgan fingerprint density at radius 2 is 1.90 bits per heavy atom. The summed E-state index contributed by atoms with van der Waals surface area (Å²) in [6, 6.07) is 2.62. The van der Waals surface area contributed by atoms with E-state index in [9.17, 15) is 13.6 Å². The van der Waals surface area contributed by atoms with Crippen molar-refractivity contribution in [1.29, 1.82) is 0 Å². The predicted octanol–water partition coefficient (Wildman–Crippen LogP) is 2.55. The van der Waals surface area contributed by atoms with E-state index in [4.69, 9.17) is 0 Å². The highest BCUT2D eigenvalue weighted by molar-refractivity contribution is 5.95. The molecule has 0 radical (unpaired) electrons. The Kier molecular flexibility index (Phi) is 4.02. The summed E-state index contributed by atoms with van der Waals surface area (Å²) in [5.41, 5.74) is 1.22. The average Bonchev–Trinajstić information content (AvgIpc) is 2.37. The third kappa shape index (κ3) is 3.14. The van der Waals surface area contributed by atoms with Crippen LogP contribution in [0.2, 0.25) is 0 Å². The molecular weight excluding hydrogens is 264 g/mol. The van der Waals surface area contributed by atoms with Crippen LogP contribution in [0.4, 0.5) is 8.78 Å². The first kappa shape index (κ1) is 14.0. The minimum Gasteiger partial charge on any atom is -0.345 e. The lowest BCUT2D eigenvalue weighted by atomic mass is 10.1. The molecule has 104 valence electrons. The molecule has 0 aliphatic rings. The van der Waals surface area contributed by atoms with Crippen molar-refractivity contribution in [2.24, 2.45) is 0 Å². The summed E-state index contributed by atoms with van der Waals surface area (Å²) >= 11 is 0. The van der Waals surface area contributed by atoms with Crippen LogP contribution in [0.1, 0.15) is 34.6 Å². The zero-order chi connectivity index (χ0) is 14.7. The Balaban J connectivity index is 2.17. The molecule has 1 amide bonds. The van der Waals surface area contributed by atoms with E-state index in [0.29, 0.717) is 16.8 Å². The molecule has 0 saturated heterocycles. The van der Waals surface area contributed by atoms with Crippen molar-refractivity contribution >= 4 is 5.91 Å². The number of carbonyl (C=O) groups excluding carboxylic acids is 1. The number of aryl methyl sites for hydroxylation is 1. The van der Waals surface area contributed by atoms with E-state index in [1.54, 1.807) is 13.8 Å². The molecule has 0 fully saturated rings. The maximum Gasteiger partial charge on any atom is 0.255 e. The molecule has 1 aromatic carbocycles. The number of nitrogens with one attached hydrogen (secondary N) is 1. The first-order valence-corrected chi connectivity index (χ1v) is 6.01. The molecule has 0 bridgehead atoms. The van der Waals surface area contributed by atoms with Gasteiger partial charge in [0.25, 0.3) is 5.91 Å². The van der Waals surface area contributed by atoms with Crippen LogP contribution in [-0.2, 0) is 0 Å². The first-order valence-electron chi connectivity index (χ1n) is 6.01. The molecule has 1 aromatic heterocycles. The quantitative estimate of drug-likeness (QED) is 0.938. The van der Waals surface area contributed by atoms with Gasteiger partial charge in [0, 0.05) is 12.3 Å².